The summed E-state index contributed by atoms with van der Waals surface area (Å²) in [6.07, 6.45) is 0.113. The van der Waals surface area contributed by atoms with E-state index in [0.29, 0.717) is 5.56 Å². The number of hydrazone groups is 1. The molecule has 0 spiro atoms. The third-order valence-electron chi connectivity index (χ3n) is 4.90. The molecule has 0 radical (unpaired) electrons. The van der Waals surface area contributed by atoms with E-state index >= 15 is 0 Å². The predicted molar refractivity (Wildman–Crippen MR) is 103 cm³/mol. The Kier molecular flexibility index (Phi) is 3.68. The maximum atomic E-state index is 11.6. The molecule has 3 heterocycles. The number of thiophene rings is 1. The van der Waals surface area contributed by atoms with E-state index in [-0.39, 0.29) is 16.7 Å². The van der Waals surface area contributed by atoms with Crippen LogP contribution < -0.4 is 4.74 Å². The van der Waals surface area contributed by atoms with Gasteiger partial charge in [0.15, 0.2) is 0 Å². The van der Waals surface area contributed by atoms with E-state index < -0.39 is 6.23 Å². The van der Waals surface area contributed by atoms with Gasteiger partial charge in [-0.2, -0.15) is 5.10 Å². The summed E-state index contributed by atoms with van der Waals surface area (Å²) in [5.74, 6) is 0.754. The fourth-order valence-electron chi connectivity index (χ4n) is 3.69. The van der Waals surface area contributed by atoms with Gasteiger partial charge in [-0.1, -0.05) is 36.4 Å². The Morgan fingerprint density at radius 1 is 1.07 bits per heavy atom. The quantitative estimate of drug-likeness (QED) is 0.481. The molecule has 0 saturated carbocycles. The lowest BCUT2D eigenvalue weighted by Gasteiger charge is -2.37. The molecule has 5 rings (SSSR count). The van der Waals surface area contributed by atoms with Crippen LogP contribution in [0.3, 0.4) is 0 Å². The third kappa shape index (κ3) is 2.59. The second-order valence-corrected chi connectivity index (χ2v) is 7.40. The molecular formula is C20H15N3O3S. The van der Waals surface area contributed by atoms with Crippen LogP contribution in [0.1, 0.15) is 34.7 Å². The molecule has 0 unspecified atom stereocenters. The number of nitro groups is 1. The van der Waals surface area contributed by atoms with E-state index in [1.54, 1.807) is 29.5 Å². The maximum absolute atomic E-state index is 11.6. The van der Waals surface area contributed by atoms with Crippen LogP contribution in [0.2, 0.25) is 0 Å². The highest BCUT2D eigenvalue weighted by Crippen LogP contribution is 2.48. The van der Waals surface area contributed by atoms with Gasteiger partial charge < -0.3 is 4.74 Å². The molecule has 1 aromatic heterocycles. The number of ether oxygens (including phenoxy) is 1. The van der Waals surface area contributed by atoms with Crippen LogP contribution in [0.4, 0.5) is 5.69 Å². The number of benzene rings is 2. The summed E-state index contributed by atoms with van der Waals surface area (Å²) in [7, 11) is 0. The summed E-state index contributed by atoms with van der Waals surface area (Å²) in [5, 5.41) is 20.3. The number of hydrogen-bond donors (Lipinski definition) is 0. The van der Waals surface area contributed by atoms with Gasteiger partial charge in [-0.15, -0.1) is 11.3 Å². The number of nitro benzene ring substituents is 1. The molecule has 3 aromatic rings. The van der Waals surface area contributed by atoms with Crippen LogP contribution >= 0.6 is 11.3 Å². The number of hydrogen-bond acceptors (Lipinski definition) is 6. The minimum Gasteiger partial charge on any atom is -0.464 e. The lowest BCUT2D eigenvalue weighted by Crippen LogP contribution is -2.34. The molecule has 0 bridgehead atoms. The van der Waals surface area contributed by atoms with Gasteiger partial charge in [0.1, 0.15) is 5.75 Å². The Bertz CT molecular complexity index is 1050. The minimum absolute atomic E-state index is 0.00291. The van der Waals surface area contributed by atoms with Crippen molar-refractivity contribution in [1.29, 1.82) is 0 Å². The molecule has 6 nitrogen and oxygen atoms in total. The fraction of sp³-hybridized carbons (Fsp3) is 0.150. The fourth-order valence-corrected chi connectivity index (χ4v) is 4.41. The van der Waals surface area contributed by atoms with Gasteiger partial charge in [0.05, 0.1) is 27.1 Å². The summed E-state index contributed by atoms with van der Waals surface area (Å²) >= 11 is 1.65. The van der Waals surface area contributed by atoms with Gasteiger partial charge in [0.2, 0.25) is 6.23 Å². The summed E-state index contributed by atoms with van der Waals surface area (Å²) < 4.78 is 6.21. The normalized spacial score (nSPS) is 20.4. The number of rotatable bonds is 3. The molecular weight excluding hydrogens is 362 g/mol. The van der Waals surface area contributed by atoms with Crippen LogP contribution in [0.15, 0.2) is 71.1 Å². The third-order valence-corrected chi connectivity index (χ3v) is 5.82. The van der Waals surface area contributed by atoms with E-state index in [1.807, 2.05) is 40.7 Å². The molecule has 2 aromatic carbocycles. The van der Waals surface area contributed by atoms with Crippen LogP contribution in [-0.2, 0) is 0 Å². The van der Waals surface area contributed by atoms with Crippen molar-refractivity contribution in [2.75, 3.05) is 0 Å². The van der Waals surface area contributed by atoms with Crippen LogP contribution in [0.25, 0.3) is 0 Å². The Morgan fingerprint density at radius 3 is 2.63 bits per heavy atom. The van der Waals surface area contributed by atoms with Crippen molar-refractivity contribution in [2.45, 2.75) is 18.7 Å². The Morgan fingerprint density at radius 2 is 1.85 bits per heavy atom. The van der Waals surface area contributed by atoms with Crippen LogP contribution in [0.5, 0.6) is 5.75 Å². The number of fused-ring (bicyclic) bond motifs is 3. The molecule has 2 aliphatic rings. The van der Waals surface area contributed by atoms with Crippen LogP contribution in [0, 0.1) is 10.1 Å². The minimum atomic E-state index is -0.635. The van der Waals surface area contributed by atoms with E-state index in [2.05, 4.69) is 6.07 Å². The summed E-state index contributed by atoms with van der Waals surface area (Å²) in [4.78, 5) is 12.3. The first kappa shape index (κ1) is 16.0. The Hall–Kier alpha value is -3.19. The first-order chi connectivity index (χ1) is 13.2. The highest BCUT2D eigenvalue weighted by molar-refractivity contribution is 7.12. The van der Waals surface area contributed by atoms with Crippen molar-refractivity contribution in [1.82, 2.24) is 5.01 Å². The highest BCUT2D eigenvalue weighted by Gasteiger charge is 2.42. The molecule has 27 heavy (non-hydrogen) atoms. The van der Waals surface area contributed by atoms with Crippen molar-refractivity contribution in [3.63, 3.8) is 0 Å². The highest BCUT2D eigenvalue weighted by atomic mass is 32.1. The van der Waals surface area contributed by atoms with Gasteiger partial charge in [0.25, 0.3) is 5.69 Å². The molecule has 0 amide bonds. The SMILES string of the molecule is O=[N+]([O-])c1ccccc1[C@@H]1Oc2ccccc2[C@H]2CC(c3cccs3)=NN21. The average Bonchev–Trinajstić information content (AvgIpc) is 3.37. The molecule has 2 aliphatic heterocycles. The standard InChI is InChI=1S/C20H15N3O3S/c24-23(25)16-8-3-1-7-14(16)20-22-17(13-6-2-4-9-18(13)26-20)12-15(21-22)19-10-5-11-27-19/h1-11,17,20H,12H2/t17-,20+/m1/s1. The van der Waals surface area contributed by atoms with Crippen molar-refractivity contribution in [3.8, 4) is 5.75 Å². The number of nitrogens with zero attached hydrogens (tertiary/aromatic N) is 3. The van der Waals surface area contributed by atoms with Crippen LogP contribution in [-0.4, -0.2) is 15.6 Å². The summed E-state index contributed by atoms with van der Waals surface area (Å²) in [5.41, 5.74) is 2.60. The van der Waals surface area contributed by atoms with Gasteiger partial charge in [0, 0.05) is 18.1 Å². The molecule has 2 atom stereocenters. The second kappa shape index (κ2) is 6.21. The van der Waals surface area contributed by atoms with Crippen molar-refractivity contribution < 1.29 is 9.66 Å². The van der Waals surface area contributed by atoms with Gasteiger partial charge in [-0.25, -0.2) is 5.01 Å². The maximum Gasteiger partial charge on any atom is 0.278 e. The molecule has 0 aliphatic carbocycles. The monoisotopic (exact) mass is 377 g/mol. The summed E-state index contributed by atoms with van der Waals surface area (Å²) in [6.45, 7) is 0. The Balaban J connectivity index is 1.65. The predicted octanol–water partition coefficient (Wildman–Crippen LogP) is 4.90. The van der Waals surface area contributed by atoms with Gasteiger partial charge >= 0.3 is 0 Å². The van der Waals surface area contributed by atoms with E-state index in [4.69, 9.17) is 9.84 Å². The second-order valence-electron chi connectivity index (χ2n) is 6.45. The molecule has 134 valence electrons. The summed E-state index contributed by atoms with van der Waals surface area (Å²) in [6, 6.07) is 18.6. The largest absolute Gasteiger partial charge is 0.464 e. The topological polar surface area (TPSA) is 68.0 Å². The Labute approximate surface area is 159 Å². The van der Waals surface area contributed by atoms with E-state index in [9.17, 15) is 10.1 Å². The zero-order valence-electron chi connectivity index (χ0n) is 14.2. The van der Waals surface area contributed by atoms with Gasteiger partial charge in [-0.05, 0) is 23.6 Å². The van der Waals surface area contributed by atoms with Gasteiger partial charge in [-0.3, -0.25) is 10.1 Å². The van der Waals surface area contributed by atoms with E-state index in [0.717, 1.165) is 28.3 Å². The van der Waals surface area contributed by atoms with Crippen molar-refractivity contribution >= 4 is 22.7 Å². The first-order valence-corrected chi connectivity index (χ1v) is 9.49. The first-order valence-electron chi connectivity index (χ1n) is 8.61. The van der Waals surface area contributed by atoms with Crippen molar-refractivity contribution in [2.24, 2.45) is 5.10 Å². The molecule has 0 N–H and O–H groups in total. The van der Waals surface area contributed by atoms with Crippen molar-refractivity contribution in [3.05, 3.63) is 92.2 Å². The average molecular weight is 377 g/mol. The molecule has 0 saturated heterocycles. The molecule has 7 heteroatoms. The number of para-hydroxylation sites is 2. The van der Waals surface area contributed by atoms with E-state index in [1.165, 1.54) is 6.07 Å². The zero-order valence-corrected chi connectivity index (χ0v) is 15.0. The lowest BCUT2D eigenvalue weighted by atomic mass is 9.97. The zero-order chi connectivity index (χ0) is 18.4. The lowest BCUT2D eigenvalue weighted by molar-refractivity contribution is -0.386. The molecule has 0 fully saturated rings. The smallest absolute Gasteiger partial charge is 0.278 e.